The summed E-state index contributed by atoms with van der Waals surface area (Å²) in [6, 6.07) is 3.85. The van der Waals surface area contributed by atoms with Crippen molar-refractivity contribution in [2.45, 2.75) is 32.0 Å². The van der Waals surface area contributed by atoms with Crippen LogP contribution < -0.4 is 5.73 Å². The van der Waals surface area contributed by atoms with Crippen LogP contribution in [-0.2, 0) is 16.0 Å². The molecule has 1 atom stereocenters. The molecular formula is C15H20F2N2O2. The van der Waals surface area contributed by atoms with Crippen molar-refractivity contribution in [2.24, 2.45) is 5.73 Å². The molecule has 2 rings (SSSR count). The molecule has 0 aliphatic carbocycles. The molecule has 6 heteroatoms. The monoisotopic (exact) mass is 298 g/mol. The number of amides is 1. The van der Waals surface area contributed by atoms with E-state index in [2.05, 4.69) is 0 Å². The number of hydrogen-bond acceptors (Lipinski definition) is 3. The zero-order chi connectivity index (χ0) is 15.6. The SMILES string of the molecule is CC1(C)CN(C(=O)Cc2cccc(F)c2F)CC(CN)O1. The molecule has 1 aliphatic heterocycles. The number of halogens is 2. The quantitative estimate of drug-likeness (QED) is 0.919. The van der Waals surface area contributed by atoms with Crippen LogP contribution in [0.5, 0.6) is 0 Å². The van der Waals surface area contributed by atoms with Gasteiger partial charge in [0, 0.05) is 25.2 Å². The Morgan fingerprint density at radius 2 is 2.19 bits per heavy atom. The molecule has 1 aromatic rings. The Kier molecular flexibility index (Phi) is 4.58. The minimum atomic E-state index is -0.964. The zero-order valence-electron chi connectivity index (χ0n) is 12.2. The van der Waals surface area contributed by atoms with Crippen molar-refractivity contribution in [3.05, 3.63) is 35.4 Å². The van der Waals surface area contributed by atoms with Crippen LogP contribution >= 0.6 is 0 Å². The topological polar surface area (TPSA) is 55.6 Å². The molecule has 0 aromatic heterocycles. The van der Waals surface area contributed by atoms with Gasteiger partial charge >= 0.3 is 0 Å². The molecule has 1 heterocycles. The van der Waals surface area contributed by atoms with Crippen LogP contribution in [0.1, 0.15) is 19.4 Å². The third kappa shape index (κ3) is 3.77. The van der Waals surface area contributed by atoms with Crippen LogP contribution in [0.15, 0.2) is 18.2 Å². The van der Waals surface area contributed by atoms with E-state index in [9.17, 15) is 13.6 Å². The largest absolute Gasteiger partial charge is 0.367 e. The first kappa shape index (κ1) is 15.9. The maximum atomic E-state index is 13.6. The summed E-state index contributed by atoms with van der Waals surface area (Å²) >= 11 is 0. The number of nitrogens with zero attached hydrogens (tertiary/aromatic N) is 1. The van der Waals surface area contributed by atoms with E-state index < -0.39 is 17.2 Å². The van der Waals surface area contributed by atoms with Crippen LogP contribution in [0.3, 0.4) is 0 Å². The van der Waals surface area contributed by atoms with E-state index in [0.29, 0.717) is 19.6 Å². The van der Waals surface area contributed by atoms with Crippen LogP contribution in [-0.4, -0.2) is 42.1 Å². The summed E-state index contributed by atoms with van der Waals surface area (Å²) in [4.78, 5) is 13.9. The average molecular weight is 298 g/mol. The highest BCUT2D eigenvalue weighted by molar-refractivity contribution is 5.79. The highest BCUT2D eigenvalue weighted by atomic mass is 19.2. The second-order valence-electron chi connectivity index (χ2n) is 5.90. The van der Waals surface area contributed by atoms with Crippen molar-refractivity contribution in [3.8, 4) is 0 Å². The van der Waals surface area contributed by atoms with Crippen LogP contribution in [0, 0.1) is 11.6 Å². The molecule has 0 saturated carbocycles. The average Bonchev–Trinajstić information content (AvgIpc) is 2.42. The second kappa shape index (κ2) is 6.07. The Labute approximate surface area is 122 Å². The number of carbonyl (C=O) groups is 1. The van der Waals surface area contributed by atoms with Gasteiger partial charge in [-0.3, -0.25) is 4.79 Å². The van der Waals surface area contributed by atoms with Gasteiger partial charge in [0.2, 0.25) is 5.91 Å². The molecule has 1 unspecified atom stereocenters. The molecule has 1 saturated heterocycles. The number of rotatable bonds is 3. The van der Waals surface area contributed by atoms with E-state index in [4.69, 9.17) is 10.5 Å². The van der Waals surface area contributed by atoms with Crippen LogP contribution in [0.25, 0.3) is 0 Å². The number of morpholine rings is 1. The standard InChI is InChI=1S/C15H20F2N2O2/c1-15(2)9-19(8-11(7-18)21-15)13(20)6-10-4-3-5-12(16)14(10)17/h3-5,11H,6-9,18H2,1-2H3. The minimum absolute atomic E-state index is 0.0635. The van der Waals surface area contributed by atoms with Crippen molar-refractivity contribution < 1.29 is 18.3 Å². The van der Waals surface area contributed by atoms with E-state index in [-0.39, 0.29) is 24.0 Å². The summed E-state index contributed by atoms with van der Waals surface area (Å²) in [5, 5.41) is 0. The van der Waals surface area contributed by atoms with Gasteiger partial charge in [-0.25, -0.2) is 8.78 Å². The summed E-state index contributed by atoms with van der Waals surface area (Å²) in [5.74, 6) is -2.16. The molecule has 1 fully saturated rings. The van der Waals surface area contributed by atoms with Gasteiger partial charge in [0.25, 0.3) is 0 Å². The maximum absolute atomic E-state index is 13.6. The highest BCUT2D eigenvalue weighted by Gasteiger charge is 2.35. The summed E-state index contributed by atoms with van der Waals surface area (Å²) in [5.41, 5.74) is 5.17. The van der Waals surface area contributed by atoms with E-state index in [1.54, 1.807) is 4.90 Å². The van der Waals surface area contributed by atoms with Crippen molar-refractivity contribution in [3.63, 3.8) is 0 Å². The Balaban J connectivity index is 2.10. The number of carbonyl (C=O) groups excluding carboxylic acids is 1. The number of benzene rings is 1. The number of hydrogen-bond donors (Lipinski definition) is 1. The van der Waals surface area contributed by atoms with Crippen molar-refractivity contribution >= 4 is 5.91 Å². The van der Waals surface area contributed by atoms with Gasteiger partial charge < -0.3 is 15.4 Å². The van der Waals surface area contributed by atoms with Crippen molar-refractivity contribution in [1.29, 1.82) is 0 Å². The Morgan fingerprint density at radius 1 is 1.48 bits per heavy atom. The third-order valence-electron chi connectivity index (χ3n) is 3.47. The molecule has 0 radical (unpaired) electrons. The van der Waals surface area contributed by atoms with Gasteiger partial charge in [-0.2, -0.15) is 0 Å². The predicted octanol–water partition coefficient (Wildman–Crippen LogP) is 1.47. The first-order chi connectivity index (χ1) is 9.82. The summed E-state index contributed by atoms with van der Waals surface area (Å²) in [6.07, 6.45) is -0.410. The Hall–Kier alpha value is -1.53. The van der Waals surface area contributed by atoms with E-state index in [1.807, 2.05) is 13.8 Å². The minimum Gasteiger partial charge on any atom is -0.367 e. The molecule has 0 spiro atoms. The lowest BCUT2D eigenvalue weighted by Crippen LogP contribution is -2.56. The lowest BCUT2D eigenvalue weighted by Gasteiger charge is -2.42. The fourth-order valence-corrected chi connectivity index (χ4v) is 2.57. The maximum Gasteiger partial charge on any atom is 0.227 e. The smallest absolute Gasteiger partial charge is 0.227 e. The van der Waals surface area contributed by atoms with Gasteiger partial charge in [-0.1, -0.05) is 12.1 Å². The molecule has 4 nitrogen and oxygen atoms in total. The molecule has 2 N–H and O–H groups in total. The molecule has 116 valence electrons. The van der Waals surface area contributed by atoms with Crippen LogP contribution in [0.2, 0.25) is 0 Å². The zero-order valence-corrected chi connectivity index (χ0v) is 12.2. The normalized spacial score (nSPS) is 21.4. The number of ether oxygens (including phenoxy) is 1. The molecular weight excluding hydrogens is 278 g/mol. The first-order valence-electron chi connectivity index (χ1n) is 6.91. The first-order valence-corrected chi connectivity index (χ1v) is 6.91. The lowest BCUT2D eigenvalue weighted by molar-refractivity contribution is -0.158. The van der Waals surface area contributed by atoms with E-state index >= 15 is 0 Å². The second-order valence-corrected chi connectivity index (χ2v) is 5.90. The van der Waals surface area contributed by atoms with E-state index in [1.165, 1.54) is 12.1 Å². The van der Waals surface area contributed by atoms with Gasteiger partial charge in [0.15, 0.2) is 11.6 Å². The van der Waals surface area contributed by atoms with E-state index in [0.717, 1.165) is 6.07 Å². The summed E-state index contributed by atoms with van der Waals surface area (Å²) in [6.45, 7) is 4.83. The van der Waals surface area contributed by atoms with Gasteiger partial charge in [-0.15, -0.1) is 0 Å². The van der Waals surface area contributed by atoms with Gasteiger partial charge in [0.1, 0.15) is 0 Å². The molecule has 1 aliphatic rings. The van der Waals surface area contributed by atoms with Crippen molar-refractivity contribution in [2.75, 3.05) is 19.6 Å². The van der Waals surface area contributed by atoms with Gasteiger partial charge in [0.05, 0.1) is 18.1 Å². The van der Waals surface area contributed by atoms with Crippen molar-refractivity contribution in [1.82, 2.24) is 4.90 Å². The molecule has 0 bridgehead atoms. The molecule has 1 aromatic carbocycles. The Morgan fingerprint density at radius 3 is 2.86 bits per heavy atom. The molecule has 1 amide bonds. The fraction of sp³-hybridized carbons (Fsp3) is 0.533. The predicted molar refractivity (Wildman–Crippen MR) is 74.6 cm³/mol. The third-order valence-corrected chi connectivity index (χ3v) is 3.47. The lowest BCUT2D eigenvalue weighted by atomic mass is 10.0. The van der Waals surface area contributed by atoms with Crippen LogP contribution in [0.4, 0.5) is 8.78 Å². The molecule has 21 heavy (non-hydrogen) atoms. The Bertz CT molecular complexity index is 534. The summed E-state index contributed by atoms with van der Waals surface area (Å²) in [7, 11) is 0. The van der Waals surface area contributed by atoms with Gasteiger partial charge in [-0.05, 0) is 19.9 Å². The summed E-state index contributed by atoms with van der Waals surface area (Å²) < 4.78 is 32.6. The number of nitrogens with two attached hydrogens (primary N) is 1. The fourth-order valence-electron chi connectivity index (χ4n) is 2.57. The highest BCUT2D eigenvalue weighted by Crippen LogP contribution is 2.22.